The summed E-state index contributed by atoms with van der Waals surface area (Å²) in [6.45, 7) is 9.72. The van der Waals surface area contributed by atoms with Crippen LogP contribution < -0.4 is 4.90 Å². The van der Waals surface area contributed by atoms with Gasteiger partial charge in [0.25, 0.3) is 0 Å². The van der Waals surface area contributed by atoms with Crippen molar-refractivity contribution in [3.8, 4) is 0 Å². The van der Waals surface area contributed by atoms with Gasteiger partial charge in [0.2, 0.25) is 5.91 Å². The highest BCUT2D eigenvalue weighted by atomic mass is 35.5. The van der Waals surface area contributed by atoms with E-state index in [9.17, 15) is 4.79 Å². The molecule has 114 valence electrons. The van der Waals surface area contributed by atoms with Crippen LogP contribution in [-0.2, 0) is 4.79 Å². The minimum atomic E-state index is -0.330. The molecule has 1 aliphatic rings. The van der Waals surface area contributed by atoms with E-state index >= 15 is 0 Å². The molecule has 0 bridgehead atoms. The van der Waals surface area contributed by atoms with Gasteiger partial charge in [-0.1, -0.05) is 29.3 Å². The molecule has 0 N–H and O–H groups in total. The van der Waals surface area contributed by atoms with E-state index < -0.39 is 0 Å². The van der Waals surface area contributed by atoms with Gasteiger partial charge in [-0.15, -0.1) is 0 Å². The first-order valence-electron chi connectivity index (χ1n) is 7.27. The number of halogens is 1. The van der Waals surface area contributed by atoms with Gasteiger partial charge in [-0.3, -0.25) is 9.69 Å². The van der Waals surface area contributed by atoms with Crippen LogP contribution in [-0.4, -0.2) is 15.9 Å². The van der Waals surface area contributed by atoms with E-state index in [2.05, 4.69) is 29.0 Å². The summed E-state index contributed by atoms with van der Waals surface area (Å²) in [5, 5.41) is 0.369. The zero-order valence-electron chi connectivity index (χ0n) is 13.4. The molecule has 0 aliphatic carbocycles. The Kier molecular flexibility index (Phi) is 3.44. The molecule has 1 unspecified atom stereocenters. The fourth-order valence-corrected chi connectivity index (χ4v) is 3.61. The van der Waals surface area contributed by atoms with Crippen LogP contribution in [0, 0.1) is 27.7 Å². The van der Waals surface area contributed by atoms with Crippen LogP contribution >= 0.6 is 11.6 Å². The zero-order chi connectivity index (χ0) is 16.2. The summed E-state index contributed by atoms with van der Waals surface area (Å²) >= 11 is 6.26. The van der Waals surface area contributed by atoms with E-state index in [4.69, 9.17) is 11.6 Å². The van der Waals surface area contributed by atoms with Gasteiger partial charge in [-0.25, -0.2) is 9.97 Å². The maximum atomic E-state index is 12.8. The molecule has 0 saturated heterocycles. The van der Waals surface area contributed by atoms with Crippen LogP contribution in [0.4, 0.5) is 11.5 Å². The lowest BCUT2D eigenvalue weighted by atomic mass is 10.0. The molecule has 1 atom stereocenters. The minimum absolute atomic E-state index is 0.00754. The molecule has 1 aliphatic heterocycles. The highest BCUT2D eigenvalue weighted by molar-refractivity contribution is 6.31. The van der Waals surface area contributed by atoms with Crippen molar-refractivity contribution in [3.05, 3.63) is 45.4 Å². The molecule has 0 fully saturated rings. The van der Waals surface area contributed by atoms with Crippen molar-refractivity contribution in [2.45, 2.75) is 40.5 Å². The summed E-state index contributed by atoms with van der Waals surface area (Å²) in [5.74, 6) is 0.846. The third-order valence-corrected chi connectivity index (χ3v) is 4.37. The predicted octanol–water partition coefficient (Wildman–Crippen LogP) is 4.15. The summed E-state index contributed by atoms with van der Waals surface area (Å²) in [5.41, 5.74) is 4.90. The lowest BCUT2D eigenvalue weighted by Crippen LogP contribution is -2.25. The van der Waals surface area contributed by atoms with Gasteiger partial charge < -0.3 is 0 Å². The van der Waals surface area contributed by atoms with Gasteiger partial charge in [0, 0.05) is 5.56 Å². The molecular weight excluding hydrogens is 298 g/mol. The van der Waals surface area contributed by atoms with E-state index in [0.29, 0.717) is 16.8 Å². The van der Waals surface area contributed by atoms with Gasteiger partial charge >= 0.3 is 0 Å². The molecule has 1 aromatic carbocycles. The Bertz CT molecular complexity index is 778. The number of benzene rings is 1. The Morgan fingerprint density at radius 2 is 1.68 bits per heavy atom. The number of hydrogen-bond donors (Lipinski definition) is 0. The van der Waals surface area contributed by atoms with Crippen LogP contribution in [0.1, 0.15) is 40.9 Å². The van der Waals surface area contributed by atoms with Crippen molar-refractivity contribution >= 4 is 29.0 Å². The number of anilines is 2. The van der Waals surface area contributed by atoms with Crippen molar-refractivity contribution in [2.24, 2.45) is 0 Å². The maximum absolute atomic E-state index is 12.8. The summed E-state index contributed by atoms with van der Waals surface area (Å²) < 4.78 is 0. The predicted molar refractivity (Wildman–Crippen MR) is 88.0 cm³/mol. The number of amides is 1. The SMILES string of the molecule is Cc1cc(C)c(N2C(=O)C(C)c3c(Cl)nc(C)nc32)c(C)c1. The van der Waals surface area contributed by atoms with Gasteiger partial charge in [0.1, 0.15) is 16.8 Å². The maximum Gasteiger partial charge on any atom is 0.240 e. The van der Waals surface area contributed by atoms with Crippen molar-refractivity contribution < 1.29 is 4.79 Å². The molecule has 0 spiro atoms. The van der Waals surface area contributed by atoms with E-state index in [1.54, 1.807) is 11.8 Å². The zero-order valence-corrected chi connectivity index (χ0v) is 14.1. The first-order valence-corrected chi connectivity index (χ1v) is 7.65. The molecule has 4 nitrogen and oxygen atoms in total. The first kappa shape index (κ1) is 15.0. The molecule has 3 rings (SSSR count). The third kappa shape index (κ3) is 2.10. The second-order valence-electron chi connectivity index (χ2n) is 5.94. The fourth-order valence-electron chi connectivity index (χ4n) is 3.24. The number of nitrogens with zero attached hydrogens (tertiary/aromatic N) is 3. The van der Waals surface area contributed by atoms with Crippen LogP contribution in [0.15, 0.2) is 12.1 Å². The van der Waals surface area contributed by atoms with Crippen molar-refractivity contribution in [1.82, 2.24) is 9.97 Å². The second-order valence-corrected chi connectivity index (χ2v) is 6.30. The molecule has 5 heteroatoms. The van der Waals surface area contributed by atoms with E-state index in [0.717, 1.165) is 22.4 Å². The monoisotopic (exact) mass is 315 g/mol. The fraction of sp³-hybridized carbons (Fsp3) is 0.353. The lowest BCUT2D eigenvalue weighted by Gasteiger charge is -2.22. The number of carbonyl (C=O) groups excluding carboxylic acids is 1. The first-order chi connectivity index (χ1) is 10.3. The Hall–Kier alpha value is -1.94. The normalized spacial score (nSPS) is 17.1. The molecule has 1 aromatic heterocycles. The van der Waals surface area contributed by atoms with Crippen LogP contribution in [0.5, 0.6) is 0 Å². The third-order valence-electron chi connectivity index (χ3n) is 4.09. The Morgan fingerprint density at radius 3 is 2.27 bits per heavy atom. The Morgan fingerprint density at radius 1 is 1.09 bits per heavy atom. The quantitative estimate of drug-likeness (QED) is 0.743. The minimum Gasteiger partial charge on any atom is -0.273 e. The number of hydrogen-bond acceptors (Lipinski definition) is 3. The molecule has 2 aromatic rings. The van der Waals surface area contributed by atoms with E-state index in [1.807, 2.05) is 20.8 Å². The largest absolute Gasteiger partial charge is 0.273 e. The number of carbonyl (C=O) groups is 1. The number of rotatable bonds is 1. The second kappa shape index (κ2) is 5.06. The number of aromatic nitrogens is 2. The van der Waals surface area contributed by atoms with Gasteiger partial charge in [0.15, 0.2) is 0 Å². The van der Waals surface area contributed by atoms with Gasteiger partial charge in [-0.2, -0.15) is 0 Å². The van der Waals surface area contributed by atoms with Crippen molar-refractivity contribution in [3.63, 3.8) is 0 Å². The lowest BCUT2D eigenvalue weighted by molar-refractivity contribution is -0.118. The van der Waals surface area contributed by atoms with Crippen molar-refractivity contribution in [2.75, 3.05) is 4.90 Å². The smallest absolute Gasteiger partial charge is 0.240 e. The van der Waals surface area contributed by atoms with Crippen LogP contribution in [0.3, 0.4) is 0 Å². The average molecular weight is 316 g/mol. The number of fused-ring (bicyclic) bond motifs is 1. The van der Waals surface area contributed by atoms with Crippen LogP contribution in [0.2, 0.25) is 5.15 Å². The highest BCUT2D eigenvalue weighted by Crippen LogP contribution is 2.45. The van der Waals surface area contributed by atoms with E-state index in [-0.39, 0.29) is 11.8 Å². The summed E-state index contributed by atoms with van der Waals surface area (Å²) in [6.07, 6.45) is 0. The topological polar surface area (TPSA) is 46.1 Å². The highest BCUT2D eigenvalue weighted by Gasteiger charge is 2.40. The molecule has 0 radical (unpaired) electrons. The summed E-state index contributed by atoms with van der Waals surface area (Å²) in [6, 6.07) is 4.15. The molecule has 0 saturated carbocycles. The molecule has 1 amide bonds. The summed E-state index contributed by atoms with van der Waals surface area (Å²) in [7, 11) is 0. The van der Waals surface area contributed by atoms with Gasteiger partial charge in [-0.05, 0) is 45.7 Å². The number of aryl methyl sites for hydroxylation is 4. The Balaban J connectivity index is 2.29. The average Bonchev–Trinajstić information content (AvgIpc) is 2.62. The molecule has 22 heavy (non-hydrogen) atoms. The molecule has 2 heterocycles. The Labute approximate surface area is 135 Å². The van der Waals surface area contributed by atoms with Gasteiger partial charge in [0.05, 0.1) is 11.6 Å². The van der Waals surface area contributed by atoms with E-state index in [1.165, 1.54) is 5.56 Å². The van der Waals surface area contributed by atoms with Crippen LogP contribution in [0.25, 0.3) is 0 Å². The summed E-state index contributed by atoms with van der Waals surface area (Å²) in [4.78, 5) is 23.2. The standard InChI is InChI=1S/C17H18ClN3O/c1-8-6-9(2)14(10(3)7-8)21-16-13(11(4)17(21)22)15(18)19-12(5)20-16/h6-7,11H,1-5H3. The van der Waals surface area contributed by atoms with Crippen molar-refractivity contribution in [1.29, 1.82) is 0 Å². The molecular formula is C17H18ClN3O.